The molecule has 1 aromatic carbocycles. The number of halogens is 1. The summed E-state index contributed by atoms with van der Waals surface area (Å²) < 4.78 is 5.27. The molecule has 0 aliphatic rings. The van der Waals surface area contributed by atoms with Crippen molar-refractivity contribution in [3.8, 4) is 16.9 Å². The molecular weight excluding hydrogens is 224 g/mol. The number of nitrogens with two attached hydrogens (primary N) is 1. The SMILES string of the molecule is COc1cc(Cl)ccc1-c1ccc(N)nc1. The highest BCUT2D eigenvalue weighted by Crippen LogP contribution is 2.31. The molecule has 1 aromatic heterocycles. The van der Waals surface area contributed by atoms with Gasteiger partial charge in [0.1, 0.15) is 11.6 Å². The van der Waals surface area contributed by atoms with Crippen LogP contribution in [0.1, 0.15) is 0 Å². The van der Waals surface area contributed by atoms with E-state index in [1.54, 1.807) is 25.4 Å². The Labute approximate surface area is 98.8 Å². The van der Waals surface area contributed by atoms with Gasteiger partial charge in [0.15, 0.2) is 0 Å². The van der Waals surface area contributed by atoms with Gasteiger partial charge in [-0.3, -0.25) is 0 Å². The van der Waals surface area contributed by atoms with E-state index < -0.39 is 0 Å². The van der Waals surface area contributed by atoms with Crippen LogP contribution >= 0.6 is 11.6 Å². The second-order valence-electron chi connectivity index (χ2n) is 3.32. The number of rotatable bonds is 2. The van der Waals surface area contributed by atoms with Crippen LogP contribution in [0.5, 0.6) is 5.75 Å². The van der Waals surface area contributed by atoms with Crippen LogP contribution < -0.4 is 10.5 Å². The number of hydrogen-bond donors (Lipinski definition) is 1. The van der Waals surface area contributed by atoms with Crippen LogP contribution in [0.3, 0.4) is 0 Å². The second-order valence-corrected chi connectivity index (χ2v) is 3.75. The second kappa shape index (κ2) is 4.41. The minimum atomic E-state index is 0.497. The molecule has 2 rings (SSSR count). The van der Waals surface area contributed by atoms with Crippen molar-refractivity contribution >= 4 is 17.4 Å². The van der Waals surface area contributed by atoms with Gasteiger partial charge >= 0.3 is 0 Å². The molecule has 82 valence electrons. The molecule has 1 heterocycles. The molecule has 0 unspecified atom stereocenters. The first-order chi connectivity index (χ1) is 7.70. The number of nitrogen functional groups attached to an aromatic ring is 1. The summed E-state index contributed by atoms with van der Waals surface area (Å²) in [5, 5.41) is 0.643. The molecule has 16 heavy (non-hydrogen) atoms. The van der Waals surface area contributed by atoms with Gasteiger partial charge in [-0.15, -0.1) is 0 Å². The van der Waals surface area contributed by atoms with Crippen LogP contribution in [0.2, 0.25) is 5.02 Å². The molecule has 0 saturated heterocycles. The third kappa shape index (κ3) is 2.09. The predicted octanol–water partition coefficient (Wildman–Crippen LogP) is 2.99. The maximum atomic E-state index is 5.89. The lowest BCUT2D eigenvalue weighted by Gasteiger charge is -2.08. The summed E-state index contributed by atoms with van der Waals surface area (Å²) in [6.07, 6.45) is 1.71. The first kappa shape index (κ1) is 10.8. The van der Waals surface area contributed by atoms with Gasteiger partial charge in [0.2, 0.25) is 0 Å². The van der Waals surface area contributed by atoms with Gasteiger partial charge < -0.3 is 10.5 Å². The van der Waals surface area contributed by atoms with E-state index in [0.29, 0.717) is 10.8 Å². The highest BCUT2D eigenvalue weighted by molar-refractivity contribution is 6.30. The molecule has 0 aliphatic carbocycles. The average Bonchev–Trinajstić information content (AvgIpc) is 2.30. The van der Waals surface area contributed by atoms with Crippen LogP contribution in [-0.4, -0.2) is 12.1 Å². The highest BCUT2D eigenvalue weighted by atomic mass is 35.5. The minimum absolute atomic E-state index is 0.497. The van der Waals surface area contributed by atoms with E-state index in [2.05, 4.69) is 4.98 Å². The van der Waals surface area contributed by atoms with Crippen molar-refractivity contribution in [1.29, 1.82) is 0 Å². The summed E-state index contributed by atoms with van der Waals surface area (Å²) in [7, 11) is 1.61. The third-order valence-electron chi connectivity index (χ3n) is 2.26. The van der Waals surface area contributed by atoms with E-state index >= 15 is 0 Å². The van der Waals surface area contributed by atoms with Crippen molar-refractivity contribution in [2.75, 3.05) is 12.8 Å². The zero-order valence-corrected chi connectivity index (χ0v) is 9.53. The van der Waals surface area contributed by atoms with Crippen LogP contribution in [0.15, 0.2) is 36.5 Å². The summed E-state index contributed by atoms with van der Waals surface area (Å²) in [6, 6.07) is 9.13. The van der Waals surface area contributed by atoms with Crippen LogP contribution in [0.25, 0.3) is 11.1 Å². The van der Waals surface area contributed by atoms with Gasteiger partial charge in [-0.1, -0.05) is 11.6 Å². The van der Waals surface area contributed by atoms with Gasteiger partial charge in [0.25, 0.3) is 0 Å². The lowest BCUT2D eigenvalue weighted by atomic mass is 10.1. The Balaban J connectivity index is 2.51. The molecule has 0 aliphatic heterocycles. The first-order valence-electron chi connectivity index (χ1n) is 4.76. The molecule has 0 fully saturated rings. The molecule has 0 saturated carbocycles. The number of aromatic nitrogens is 1. The molecule has 0 radical (unpaired) electrons. The summed E-state index contributed by atoms with van der Waals surface area (Å²) in [6.45, 7) is 0. The summed E-state index contributed by atoms with van der Waals surface area (Å²) in [5.41, 5.74) is 7.43. The maximum absolute atomic E-state index is 5.89. The summed E-state index contributed by atoms with van der Waals surface area (Å²) in [5.74, 6) is 1.22. The summed E-state index contributed by atoms with van der Waals surface area (Å²) in [4.78, 5) is 4.04. The number of ether oxygens (including phenoxy) is 1. The van der Waals surface area contributed by atoms with Gasteiger partial charge in [-0.25, -0.2) is 4.98 Å². The molecule has 2 N–H and O–H groups in total. The van der Waals surface area contributed by atoms with E-state index in [0.717, 1.165) is 16.9 Å². The van der Waals surface area contributed by atoms with Crippen molar-refractivity contribution in [3.63, 3.8) is 0 Å². The number of methoxy groups -OCH3 is 1. The number of nitrogens with zero attached hydrogens (tertiary/aromatic N) is 1. The Bertz CT molecular complexity index is 497. The topological polar surface area (TPSA) is 48.1 Å². The third-order valence-corrected chi connectivity index (χ3v) is 2.50. The fraction of sp³-hybridized carbons (Fsp3) is 0.0833. The van der Waals surface area contributed by atoms with E-state index in [1.165, 1.54) is 0 Å². The van der Waals surface area contributed by atoms with Crippen LogP contribution in [0, 0.1) is 0 Å². The van der Waals surface area contributed by atoms with Crippen molar-refractivity contribution in [2.45, 2.75) is 0 Å². The Morgan fingerprint density at radius 3 is 2.69 bits per heavy atom. The van der Waals surface area contributed by atoms with E-state index in [1.807, 2.05) is 18.2 Å². The summed E-state index contributed by atoms with van der Waals surface area (Å²) >= 11 is 5.89. The maximum Gasteiger partial charge on any atom is 0.128 e. The molecule has 4 heteroatoms. The zero-order valence-electron chi connectivity index (χ0n) is 8.77. The average molecular weight is 235 g/mol. The van der Waals surface area contributed by atoms with Crippen molar-refractivity contribution < 1.29 is 4.74 Å². The quantitative estimate of drug-likeness (QED) is 0.869. The van der Waals surface area contributed by atoms with E-state index in [4.69, 9.17) is 22.1 Å². The van der Waals surface area contributed by atoms with Crippen LogP contribution in [0.4, 0.5) is 5.82 Å². The van der Waals surface area contributed by atoms with Gasteiger partial charge in [-0.2, -0.15) is 0 Å². The molecule has 2 aromatic rings. The molecule has 0 spiro atoms. The Kier molecular flexibility index (Phi) is 2.97. The minimum Gasteiger partial charge on any atom is -0.496 e. The van der Waals surface area contributed by atoms with Gasteiger partial charge in [-0.05, 0) is 30.3 Å². The fourth-order valence-corrected chi connectivity index (χ4v) is 1.63. The molecular formula is C12H11ClN2O. The van der Waals surface area contributed by atoms with Gasteiger partial charge in [0, 0.05) is 22.3 Å². The largest absolute Gasteiger partial charge is 0.496 e. The number of hydrogen-bond acceptors (Lipinski definition) is 3. The lowest BCUT2D eigenvalue weighted by Crippen LogP contribution is -1.91. The molecule has 0 amide bonds. The van der Waals surface area contributed by atoms with E-state index in [-0.39, 0.29) is 0 Å². The Morgan fingerprint density at radius 1 is 1.25 bits per heavy atom. The Morgan fingerprint density at radius 2 is 2.06 bits per heavy atom. The fourth-order valence-electron chi connectivity index (χ4n) is 1.47. The number of benzene rings is 1. The highest BCUT2D eigenvalue weighted by Gasteiger charge is 2.06. The standard InChI is InChI=1S/C12H11ClN2O/c1-16-11-6-9(13)3-4-10(11)8-2-5-12(14)15-7-8/h2-7H,1H3,(H2,14,15). The van der Waals surface area contributed by atoms with E-state index in [9.17, 15) is 0 Å². The van der Waals surface area contributed by atoms with Crippen molar-refractivity contribution in [2.24, 2.45) is 0 Å². The van der Waals surface area contributed by atoms with Crippen molar-refractivity contribution in [3.05, 3.63) is 41.6 Å². The van der Waals surface area contributed by atoms with Crippen molar-refractivity contribution in [1.82, 2.24) is 4.98 Å². The monoisotopic (exact) mass is 234 g/mol. The first-order valence-corrected chi connectivity index (χ1v) is 5.14. The van der Waals surface area contributed by atoms with Gasteiger partial charge in [0.05, 0.1) is 7.11 Å². The molecule has 3 nitrogen and oxygen atoms in total. The zero-order chi connectivity index (χ0) is 11.5. The molecule has 0 bridgehead atoms. The smallest absolute Gasteiger partial charge is 0.128 e. The van der Waals surface area contributed by atoms with Crippen LogP contribution in [-0.2, 0) is 0 Å². The molecule has 0 atom stereocenters. The number of anilines is 1. The lowest BCUT2D eigenvalue weighted by molar-refractivity contribution is 0.416. The number of pyridine rings is 1. The normalized spacial score (nSPS) is 10.1. The predicted molar refractivity (Wildman–Crippen MR) is 65.6 cm³/mol. The Hall–Kier alpha value is -1.74.